The molecule has 138 valence electrons. The summed E-state index contributed by atoms with van der Waals surface area (Å²) in [5.74, 6) is -1.33. The van der Waals surface area contributed by atoms with E-state index in [2.05, 4.69) is 0 Å². The van der Waals surface area contributed by atoms with E-state index in [-0.39, 0.29) is 24.4 Å². The van der Waals surface area contributed by atoms with Crippen LogP contribution < -0.4 is 0 Å². The van der Waals surface area contributed by atoms with Gasteiger partial charge in [-0.05, 0) is 41.4 Å². The Hall–Kier alpha value is -2.70. The number of nitrogens with zero attached hydrogens (tertiary/aromatic N) is 1. The summed E-state index contributed by atoms with van der Waals surface area (Å²) in [6.45, 7) is 3.97. The lowest BCUT2D eigenvalue weighted by Gasteiger charge is -2.38. The second-order valence-electron chi connectivity index (χ2n) is 7.47. The van der Waals surface area contributed by atoms with E-state index in [1.54, 1.807) is 12.1 Å². The molecule has 0 heterocycles. The second kappa shape index (κ2) is 5.93. The van der Waals surface area contributed by atoms with E-state index in [1.165, 1.54) is 20.3 Å². The molecule has 0 spiro atoms. The van der Waals surface area contributed by atoms with Gasteiger partial charge in [-0.1, -0.05) is 25.5 Å². The van der Waals surface area contributed by atoms with Crippen molar-refractivity contribution in [3.8, 4) is 0 Å². The molecule has 0 bridgehead atoms. The van der Waals surface area contributed by atoms with Crippen molar-refractivity contribution in [3.63, 3.8) is 0 Å². The van der Waals surface area contributed by atoms with Gasteiger partial charge in [-0.15, -0.1) is 0 Å². The Morgan fingerprint density at radius 3 is 2.35 bits per heavy atom. The number of carbonyl (C=O) groups excluding carboxylic acids is 2. The number of methoxy groups -OCH3 is 2. The molecule has 0 N–H and O–H groups in total. The molecule has 2 aliphatic rings. The third-order valence-corrected chi connectivity index (χ3v) is 5.81. The highest BCUT2D eigenvalue weighted by Gasteiger charge is 2.59. The molecule has 1 aromatic rings. The van der Waals surface area contributed by atoms with E-state index >= 15 is 0 Å². The zero-order chi connectivity index (χ0) is 19.3. The Morgan fingerprint density at radius 2 is 1.81 bits per heavy atom. The van der Waals surface area contributed by atoms with Gasteiger partial charge in [0.25, 0.3) is 5.69 Å². The Labute approximate surface area is 151 Å². The summed E-state index contributed by atoms with van der Waals surface area (Å²) < 4.78 is 9.81. The van der Waals surface area contributed by atoms with Crippen molar-refractivity contribution in [2.45, 2.75) is 32.1 Å². The molecule has 0 unspecified atom stereocenters. The smallest absolute Gasteiger partial charge is 0.323 e. The number of allylic oxidation sites excluding steroid dienone is 1. The number of hydrogen-bond acceptors (Lipinski definition) is 6. The highest BCUT2D eigenvalue weighted by Crippen LogP contribution is 2.57. The van der Waals surface area contributed by atoms with Gasteiger partial charge in [0.2, 0.25) is 0 Å². The Bertz CT molecular complexity index is 822. The summed E-state index contributed by atoms with van der Waals surface area (Å²) in [4.78, 5) is 35.7. The maximum atomic E-state index is 12.5. The van der Waals surface area contributed by atoms with Gasteiger partial charge in [-0.25, -0.2) is 0 Å². The van der Waals surface area contributed by atoms with Crippen LogP contribution >= 0.6 is 0 Å². The van der Waals surface area contributed by atoms with Crippen LogP contribution in [0, 0.1) is 21.4 Å². The van der Waals surface area contributed by atoms with Crippen molar-refractivity contribution in [2.75, 3.05) is 14.2 Å². The fraction of sp³-hybridized carbons (Fsp3) is 0.474. The summed E-state index contributed by atoms with van der Waals surface area (Å²) in [6, 6.07) is 4.77. The molecule has 7 nitrogen and oxygen atoms in total. The number of hydrogen-bond donors (Lipinski definition) is 0. The van der Waals surface area contributed by atoms with Crippen molar-refractivity contribution < 1.29 is 24.0 Å². The number of benzene rings is 1. The standard InChI is InChI=1S/C19H21NO6/c1-18(2)14-8-13(20(23)24)6-5-11(14)7-12-9-19(10-15(12)18,16(21)25-3)17(22)26-4/h5-8,15H,9-10H2,1-4H3/t15-/m1/s1. The number of fused-ring (bicyclic) bond motifs is 2. The van der Waals surface area contributed by atoms with Crippen LogP contribution in [0.1, 0.15) is 37.8 Å². The number of nitro benzene ring substituents is 1. The van der Waals surface area contributed by atoms with E-state index in [9.17, 15) is 19.7 Å². The minimum absolute atomic E-state index is 0.0267. The predicted molar refractivity (Wildman–Crippen MR) is 93.3 cm³/mol. The van der Waals surface area contributed by atoms with Crippen LogP contribution in [0.15, 0.2) is 23.8 Å². The zero-order valence-electron chi connectivity index (χ0n) is 15.2. The molecule has 2 aliphatic carbocycles. The van der Waals surface area contributed by atoms with Gasteiger partial charge < -0.3 is 9.47 Å². The van der Waals surface area contributed by atoms with Crippen molar-refractivity contribution in [1.82, 2.24) is 0 Å². The molecule has 1 aromatic carbocycles. The van der Waals surface area contributed by atoms with Crippen molar-refractivity contribution in [1.29, 1.82) is 0 Å². The number of esters is 2. The van der Waals surface area contributed by atoms with Gasteiger partial charge in [-0.3, -0.25) is 19.7 Å². The predicted octanol–water partition coefficient (Wildman–Crippen LogP) is 3.01. The van der Waals surface area contributed by atoms with Crippen LogP contribution in [-0.2, 0) is 24.5 Å². The Kier molecular flexibility index (Phi) is 4.13. The van der Waals surface area contributed by atoms with Crippen LogP contribution in [0.3, 0.4) is 0 Å². The highest BCUT2D eigenvalue weighted by molar-refractivity contribution is 6.01. The van der Waals surface area contributed by atoms with Gasteiger partial charge >= 0.3 is 11.9 Å². The molecule has 0 saturated heterocycles. The molecule has 1 fully saturated rings. The third-order valence-electron chi connectivity index (χ3n) is 5.81. The minimum Gasteiger partial charge on any atom is -0.468 e. The maximum absolute atomic E-state index is 12.5. The van der Waals surface area contributed by atoms with E-state index in [0.29, 0.717) is 0 Å². The molecule has 0 aliphatic heterocycles. The van der Waals surface area contributed by atoms with Crippen LogP contribution in [0.5, 0.6) is 0 Å². The first kappa shape index (κ1) is 18.1. The van der Waals surface area contributed by atoms with Gasteiger partial charge in [0, 0.05) is 12.1 Å². The molecular weight excluding hydrogens is 338 g/mol. The monoisotopic (exact) mass is 359 g/mol. The summed E-state index contributed by atoms with van der Waals surface area (Å²) in [7, 11) is 2.51. The molecule has 26 heavy (non-hydrogen) atoms. The van der Waals surface area contributed by atoms with E-state index in [0.717, 1.165) is 16.7 Å². The molecule has 1 saturated carbocycles. The average Bonchev–Trinajstić information content (AvgIpc) is 3.01. The SMILES string of the molecule is COC(=O)C1(C(=O)OC)CC2=Cc3ccc([N+](=O)[O-])cc3C(C)(C)[C@@H]2C1. The van der Waals surface area contributed by atoms with E-state index in [1.807, 2.05) is 19.9 Å². The van der Waals surface area contributed by atoms with E-state index < -0.39 is 27.7 Å². The second-order valence-corrected chi connectivity index (χ2v) is 7.47. The molecule has 3 rings (SSSR count). The number of non-ortho nitro benzene ring substituents is 1. The van der Waals surface area contributed by atoms with Crippen molar-refractivity contribution in [2.24, 2.45) is 11.3 Å². The number of rotatable bonds is 3. The van der Waals surface area contributed by atoms with Crippen LogP contribution in [0.4, 0.5) is 5.69 Å². The first-order valence-electron chi connectivity index (χ1n) is 8.33. The van der Waals surface area contributed by atoms with Gasteiger partial charge in [0.1, 0.15) is 0 Å². The maximum Gasteiger partial charge on any atom is 0.323 e. The normalized spacial score (nSPS) is 21.8. The lowest BCUT2D eigenvalue weighted by Crippen LogP contribution is -2.40. The lowest BCUT2D eigenvalue weighted by molar-refractivity contribution is -0.385. The van der Waals surface area contributed by atoms with E-state index in [4.69, 9.17) is 9.47 Å². The number of ether oxygens (including phenoxy) is 2. The zero-order valence-corrected chi connectivity index (χ0v) is 15.2. The average molecular weight is 359 g/mol. The fourth-order valence-corrected chi connectivity index (χ4v) is 4.41. The largest absolute Gasteiger partial charge is 0.468 e. The molecule has 1 atom stereocenters. The van der Waals surface area contributed by atoms with Crippen LogP contribution in [0.25, 0.3) is 6.08 Å². The molecule has 0 amide bonds. The summed E-state index contributed by atoms with van der Waals surface area (Å²) in [5, 5.41) is 11.2. The van der Waals surface area contributed by atoms with Crippen LogP contribution in [0.2, 0.25) is 0 Å². The number of nitro groups is 1. The van der Waals surface area contributed by atoms with Crippen LogP contribution in [-0.4, -0.2) is 31.1 Å². The first-order valence-corrected chi connectivity index (χ1v) is 8.33. The minimum atomic E-state index is -1.37. The van der Waals surface area contributed by atoms with Gasteiger partial charge in [0.15, 0.2) is 5.41 Å². The van der Waals surface area contributed by atoms with Gasteiger partial charge in [0.05, 0.1) is 19.1 Å². The molecule has 0 radical (unpaired) electrons. The number of carbonyl (C=O) groups is 2. The fourth-order valence-electron chi connectivity index (χ4n) is 4.41. The quantitative estimate of drug-likeness (QED) is 0.356. The summed E-state index contributed by atoms with van der Waals surface area (Å²) in [6.07, 6.45) is 2.42. The lowest BCUT2D eigenvalue weighted by atomic mass is 9.65. The highest BCUT2D eigenvalue weighted by atomic mass is 16.6. The Morgan fingerprint density at radius 1 is 1.19 bits per heavy atom. The first-order chi connectivity index (χ1) is 12.2. The molecular formula is C19H21NO6. The molecule has 7 heteroatoms. The van der Waals surface area contributed by atoms with Gasteiger partial charge in [-0.2, -0.15) is 0 Å². The molecule has 0 aromatic heterocycles. The third kappa shape index (κ3) is 2.41. The summed E-state index contributed by atoms with van der Waals surface area (Å²) >= 11 is 0. The van der Waals surface area contributed by atoms with Crippen molar-refractivity contribution >= 4 is 23.7 Å². The summed E-state index contributed by atoms with van der Waals surface area (Å²) in [5.41, 5.74) is 0.856. The van der Waals surface area contributed by atoms with Crippen molar-refractivity contribution in [3.05, 3.63) is 45.0 Å². The Balaban J connectivity index is 2.12. The topological polar surface area (TPSA) is 95.7 Å².